The van der Waals surface area contributed by atoms with Gasteiger partial charge in [-0.3, -0.25) is 0 Å². The van der Waals surface area contributed by atoms with E-state index >= 15 is 0 Å². The van der Waals surface area contributed by atoms with Crippen LogP contribution in [-0.2, 0) is 6.42 Å². The van der Waals surface area contributed by atoms with Gasteiger partial charge in [0.1, 0.15) is 5.82 Å². The zero-order chi connectivity index (χ0) is 14.5. The first-order chi connectivity index (χ1) is 9.60. The second kappa shape index (κ2) is 7.21. The molecule has 0 aliphatic carbocycles. The Kier molecular flexibility index (Phi) is 5.58. The second-order valence-corrected chi connectivity index (χ2v) is 6.07. The van der Waals surface area contributed by atoms with Crippen molar-refractivity contribution in [2.24, 2.45) is 0 Å². The monoisotopic (exact) mass is 355 g/mol. The van der Waals surface area contributed by atoms with Gasteiger partial charge in [-0.15, -0.1) is 0 Å². The number of halogens is 3. The predicted molar refractivity (Wildman–Crippen MR) is 85.9 cm³/mol. The summed E-state index contributed by atoms with van der Waals surface area (Å²) < 4.78 is 14.4. The molecule has 0 aliphatic heterocycles. The quantitative estimate of drug-likeness (QED) is 0.812. The molecule has 1 atom stereocenters. The van der Waals surface area contributed by atoms with Gasteiger partial charge in [0.2, 0.25) is 0 Å². The molecule has 0 saturated heterocycles. The van der Waals surface area contributed by atoms with Crippen LogP contribution in [0, 0.1) is 5.82 Å². The lowest BCUT2D eigenvalue weighted by Crippen LogP contribution is -2.19. The highest BCUT2D eigenvalue weighted by atomic mass is 79.9. The molecule has 0 heterocycles. The summed E-state index contributed by atoms with van der Waals surface area (Å²) in [5.41, 5.74) is 2.04. The molecule has 1 unspecified atom stereocenters. The average molecular weight is 357 g/mol. The van der Waals surface area contributed by atoms with Crippen LogP contribution in [0.3, 0.4) is 0 Å². The maximum Gasteiger partial charge on any atom is 0.123 e. The second-order valence-electron chi connectivity index (χ2n) is 4.75. The smallest absolute Gasteiger partial charge is 0.123 e. The van der Waals surface area contributed by atoms with E-state index in [0.717, 1.165) is 16.6 Å². The van der Waals surface area contributed by atoms with E-state index in [4.69, 9.17) is 11.6 Å². The van der Waals surface area contributed by atoms with Crippen LogP contribution in [0.1, 0.15) is 17.0 Å². The third-order valence-electron chi connectivity index (χ3n) is 3.24. The van der Waals surface area contributed by atoms with E-state index in [0.29, 0.717) is 11.4 Å². The van der Waals surface area contributed by atoms with Gasteiger partial charge in [0, 0.05) is 22.0 Å². The van der Waals surface area contributed by atoms with Crippen LogP contribution in [-0.4, -0.2) is 13.6 Å². The first-order valence-corrected chi connectivity index (χ1v) is 7.61. The van der Waals surface area contributed by atoms with Crippen LogP contribution < -0.4 is 5.32 Å². The van der Waals surface area contributed by atoms with Gasteiger partial charge >= 0.3 is 0 Å². The molecule has 0 radical (unpaired) electrons. The number of hydrogen-bond acceptors (Lipinski definition) is 1. The fraction of sp³-hybridized carbons (Fsp3) is 0.250. The third kappa shape index (κ3) is 4.05. The number of benzene rings is 2. The highest BCUT2D eigenvalue weighted by molar-refractivity contribution is 9.10. The van der Waals surface area contributed by atoms with Crippen molar-refractivity contribution in [3.8, 4) is 0 Å². The van der Waals surface area contributed by atoms with Crippen molar-refractivity contribution < 1.29 is 4.39 Å². The summed E-state index contributed by atoms with van der Waals surface area (Å²) in [7, 11) is 1.91. The van der Waals surface area contributed by atoms with E-state index in [9.17, 15) is 4.39 Å². The molecule has 1 nitrogen and oxygen atoms in total. The summed E-state index contributed by atoms with van der Waals surface area (Å²) >= 11 is 9.65. The number of hydrogen-bond donors (Lipinski definition) is 1. The summed E-state index contributed by atoms with van der Waals surface area (Å²) in [6.45, 7) is 0.809. The molecule has 0 aliphatic rings. The molecule has 1 N–H and O–H groups in total. The van der Waals surface area contributed by atoms with E-state index in [-0.39, 0.29) is 11.7 Å². The molecule has 2 aromatic rings. The van der Waals surface area contributed by atoms with Crippen LogP contribution in [0.5, 0.6) is 0 Å². The summed E-state index contributed by atoms with van der Waals surface area (Å²) in [5.74, 6) is -0.00125. The molecule has 0 bridgehead atoms. The van der Waals surface area contributed by atoms with Crippen molar-refractivity contribution in [1.82, 2.24) is 5.32 Å². The maximum absolute atomic E-state index is 13.4. The van der Waals surface area contributed by atoms with E-state index in [1.54, 1.807) is 6.07 Å². The topological polar surface area (TPSA) is 12.0 Å². The first-order valence-electron chi connectivity index (χ1n) is 6.44. The van der Waals surface area contributed by atoms with Gasteiger partial charge in [-0.25, -0.2) is 4.39 Å². The van der Waals surface area contributed by atoms with Crippen LogP contribution in [0.4, 0.5) is 4.39 Å². The normalized spacial score (nSPS) is 12.4. The molecular weight excluding hydrogens is 341 g/mol. The van der Waals surface area contributed by atoms with Gasteiger partial charge in [0.25, 0.3) is 0 Å². The number of nitrogens with one attached hydrogen (secondary N) is 1. The minimum absolute atomic E-state index is 0.247. The Morgan fingerprint density at radius 1 is 1.25 bits per heavy atom. The Balaban J connectivity index is 2.27. The van der Waals surface area contributed by atoms with Gasteiger partial charge in [-0.2, -0.15) is 0 Å². The molecule has 2 rings (SSSR count). The highest BCUT2D eigenvalue weighted by Gasteiger charge is 2.14. The Bertz CT molecular complexity index is 588. The summed E-state index contributed by atoms with van der Waals surface area (Å²) in [6, 6.07) is 12.7. The van der Waals surface area contributed by atoms with Crippen molar-refractivity contribution in [2.75, 3.05) is 13.6 Å². The standard InChI is InChI=1S/C16H16BrClFN/c1-20-10-13(11-3-2-4-14(17)8-11)7-12-9-15(19)5-6-16(12)18/h2-6,8-9,13,20H,7,10H2,1H3. The first kappa shape index (κ1) is 15.5. The molecule has 4 heteroatoms. The van der Waals surface area contributed by atoms with E-state index in [1.165, 1.54) is 17.7 Å². The van der Waals surface area contributed by atoms with E-state index in [1.807, 2.05) is 19.2 Å². The van der Waals surface area contributed by atoms with Crippen LogP contribution in [0.15, 0.2) is 46.9 Å². The number of rotatable bonds is 5. The van der Waals surface area contributed by atoms with Crippen LogP contribution in [0.2, 0.25) is 5.02 Å². The summed E-state index contributed by atoms with van der Waals surface area (Å²) in [5, 5.41) is 3.80. The van der Waals surface area contributed by atoms with Crippen molar-refractivity contribution in [2.45, 2.75) is 12.3 Å². The molecule has 106 valence electrons. The van der Waals surface area contributed by atoms with Gasteiger partial charge in [-0.1, -0.05) is 39.7 Å². The summed E-state index contributed by atoms with van der Waals surface area (Å²) in [6.07, 6.45) is 0.702. The Labute approximate surface area is 132 Å². The van der Waals surface area contributed by atoms with Crippen molar-refractivity contribution in [3.05, 3.63) is 68.9 Å². The van der Waals surface area contributed by atoms with Crippen molar-refractivity contribution >= 4 is 27.5 Å². The van der Waals surface area contributed by atoms with Gasteiger partial charge in [0.05, 0.1) is 0 Å². The molecule has 0 spiro atoms. The molecule has 2 aromatic carbocycles. The zero-order valence-corrected chi connectivity index (χ0v) is 13.5. The molecule has 0 amide bonds. The lowest BCUT2D eigenvalue weighted by molar-refractivity contribution is 0.608. The SMILES string of the molecule is CNCC(Cc1cc(F)ccc1Cl)c1cccc(Br)c1. The zero-order valence-electron chi connectivity index (χ0n) is 11.2. The molecular formula is C16H16BrClFN. The summed E-state index contributed by atoms with van der Waals surface area (Å²) in [4.78, 5) is 0. The molecule has 0 aromatic heterocycles. The number of likely N-dealkylation sites (N-methyl/N-ethyl adjacent to an activating group) is 1. The largest absolute Gasteiger partial charge is 0.319 e. The minimum Gasteiger partial charge on any atom is -0.319 e. The fourth-order valence-corrected chi connectivity index (χ4v) is 2.89. The van der Waals surface area contributed by atoms with Crippen molar-refractivity contribution in [3.63, 3.8) is 0 Å². The molecule has 0 saturated carbocycles. The van der Waals surface area contributed by atoms with Crippen molar-refractivity contribution in [1.29, 1.82) is 0 Å². The Hall–Kier alpha value is -0.900. The molecule has 0 fully saturated rings. The predicted octanol–water partition coefficient (Wildman–Crippen LogP) is 4.79. The third-order valence-corrected chi connectivity index (χ3v) is 4.11. The molecule has 20 heavy (non-hydrogen) atoms. The lowest BCUT2D eigenvalue weighted by Gasteiger charge is -2.18. The van der Waals surface area contributed by atoms with Gasteiger partial charge in [0.15, 0.2) is 0 Å². The average Bonchev–Trinajstić information content (AvgIpc) is 2.42. The van der Waals surface area contributed by atoms with Crippen LogP contribution >= 0.6 is 27.5 Å². The van der Waals surface area contributed by atoms with Gasteiger partial charge < -0.3 is 5.32 Å². The highest BCUT2D eigenvalue weighted by Crippen LogP contribution is 2.27. The van der Waals surface area contributed by atoms with Gasteiger partial charge in [-0.05, 0) is 54.9 Å². The Morgan fingerprint density at radius 3 is 2.75 bits per heavy atom. The maximum atomic E-state index is 13.4. The Morgan fingerprint density at radius 2 is 2.05 bits per heavy atom. The lowest BCUT2D eigenvalue weighted by atomic mass is 9.92. The fourth-order valence-electron chi connectivity index (χ4n) is 2.28. The van der Waals surface area contributed by atoms with E-state index < -0.39 is 0 Å². The van der Waals surface area contributed by atoms with E-state index in [2.05, 4.69) is 33.4 Å². The van der Waals surface area contributed by atoms with Crippen LogP contribution in [0.25, 0.3) is 0 Å². The minimum atomic E-state index is -0.248.